The van der Waals surface area contributed by atoms with Crippen LogP contribution in [0.1, 0.15) is 29.9 Å². The molecule has 1 amide bonds. The van der Waals surface area contributed by atoms with Crippen LogP contribution in [0, 0.1) is 13.8 Å². The molecule has 0 aliphatic rings. The van der Waals surface area contributed by atoms with Crippen molar-refractivity contribution in [3.8, 4) is 5.69 Å². The average Bonchev–Trinajstić information content (AvgIpc) is 3.32. The number of hydrogen-bond acceptors (Lipinski definition) is 6. The van der Waals surface area contributed by atoms with E-state index in [0.29, 0.717) is 5.16 Å². The normalized spacial score (nSPS) is 12.2. The Morgan fingerprint density at radius 1 is 1.17 bits per heavy atom. The van der Waals surface area contributed by atoms with Crippen molar-refractivity contribution in [1.29, 1.82) is 0 Å². The van der Waals surface area contributed by atoms with Gasteiger partial charge in [0.05, 0.1) is 17.5 Å². The molecule has 0 aliphatic heterocycles. The number of hydrogen-bond donors (Lipinski definition) is 1. The van der Waals surface area contributed by atoms with E-state index in [9.17, 15) is 4.79 Å². The van der Waals surface area contributed by atoms with E-state index >= 15 is 0 Å². The summed E-state index contributed by atoms with van der Waals surface area (Å²) in [5, 5.41) is 16.4. The molecule has 7 nitrogen and oxygen atoms in total. The summed E-state index contributed by atoms with van der Waals surface area (Å²) in [6.07, 6.45) is 0. The number of tetrazole rings is 1. The maximum Gasteiger partial charge on any atom is 0.231 e. The van der Waals surface area contributed by atoms with Gasteiger partial charge in [-0.1, -0.05) is 36.0 Å². The zero-order valence-corrected chi connectivity index (χ0v) is 17.2. The SMILES string of the molecule is Cc1cc(C)cc(-n2nnnc2SCC(=O)N[C@@H](C)c2cc3ccccc3o2)c1. The highest BCUT2D eigenvalue weighted by atomic mass is 32.2. The first-order chi connectivity index (χ1) is 14.0. The first-order valence-electron chi connectivity index (χ1n) is 9.27. The number of nitrogens with zero attached hydrogens (tertiary/aromatic N) is 4. The van der Waals surface area contributed by atoms with Gasteiger partial charge in [0.25, 0.3) is 0 Å². The summed E-state index contributed by atoms with van der Waals surface area (Å²) < 4.78 is 7.48. The molecule has 0 fully saturated rings. The van der Waals surface area contributed by atoms with Gasteiger partial charge < -0.3 is 9.73 Å². The lowest BCUT2D eigenvalue weighted by Gasteiger charge is -2.11. The van der Waals surface area contributed by atoms with E-state index in [1.807, 2.05) is 63.2 Å². The molecule has 2 aromatic heterocycles. The molecule has 0 unspecified atom stereocenters. The van der Waals surface area contributed by atoms with Crippen LogP contribution in [0.5, 0.6) is 0 Å². The van der Waals surface area contributed by atoms with E-state index < -0.39 is 0 Å². The van der Waals surface area contributed by atoms with E-state index in [-0.39, 0.29) is 17.7 Å². The van der Waals surface area contributed by atoms with Crippen LogP contribution in [0.2, 0.25) is 0 Å². The summed E-state index contributed by atoms with van der Waals surface area (Å²) in [7, 11) is 0. The van der Waals surface area contributed by atoms with Crippen LogP contribution in [-0.4, -0.2) is 31.9 Å². The van der Waals surface area contributed by atoms with Gasteiger partial charge in [-0.2, -0.15) is 4.68 Å². The highest BCUT2D eigenvalue weighted by Gasteiger charge is 2.16. The van der Waals surface area contributed by atoms with Crippen LogP contribution < -0.4 is 5.32 Å². The zero-order chi connectivity index (χ0) is 20.4. The third kappa shape index (κ3) is 4.32. The minimum Gasteiger partial charge on any atom is -0.459 e. The molecule has 29 heavy (non-hydrogen) atoms. The molecule has 0 bridgehead atoms. The van der Waals surface area contributed by atoms with E-state index in [0.717, 1.165) is 33.5 Å². The zero-order valence-electron chi connectivity index (χ0n) is 16.4. The predicted molar refractivity (Wildman–Crippen MR) is 112 cm³/mol. The number of rotatable bonds is 6. The van der Waals surface area contributed by atoms with Crippen LogP contribution in [-0.2, 0) is 4.79 Å². The predicted octanol–water partition coefficient (Wildman–Crippen LogP) is 3.99. The number of benzene rings is 2. The fourth-order valence-electron chi connectivity index (χ4n) is 3.20. The molecule has 2 heterocycles. The number of nitrogens with one attached hydrogen (secondary N) is 1. The second kappa shape index (κ2) is 8.08. The highest BCUT2D eigenvalue weighted by molar-refractivity contribution is 7.99. The van der Waals surface area contributed by atoms with Gasteiger partial charge in [-0.15, -0.1) is 5.10 Å². The Kier molecular flexibility index (Phi) is 5.35. The number of furan rings is 1. The maximum absolute atomic E-state index is 12.4. The number of aromatic nitrogens is 4. The summed E-state index contributed by atoms with van der Waals surface area (Å²) in [5.41, 5.74) is 3.95. The Balaban J connectivity index is 1.40. The Morgan fingerprint density at radius 3 is 2.69 bits per heavy atom. The van der Waals surface area contributed by atoms with Gasteiger partial charge in [-0.05, 0) is 66.6 Å². The number of aryl methyl sites for hydroxylation is 2. The van der Waals surface area contributed by atoms with Crippen molar-refractivity contribution < 1.29 is 9.21 Å². The van der Waals surface area contributed by atoms with Gasteiger partial charge in [0.2, 0.25) is 11.1 Å². The molecule has 4 aromatic rings. The van der Waals surface area contributed by atoms with Crippen LogP contribution >= 0.6 is 11.8 Å². The fourth-order valence-corrected chi connectivity index (χ4v) is 3.91. The quantitative estimate of drug-likeness (QED) is 0.486. The fraction of sp³-hybridized carbons (Fsp3) is 0.238. The summed E-state index contributed by atoms with van der Waals surface area (Å²) >= 11 is 1.29. The topological polar surface area (TPSA) is 85.8 Å². The lowest BCUT2D eigenvalue weighted by molar-refractivity contribution is -0.119. The van der Waals surface area contributed by atoms with Gasteiger partial charge in [-0.3, -0.25) is 4.79 Å². The molecule has 148 valence electrons. The largest absolute Gasteiger partial charge is 0.459 e. The lowest BCUT2D eigenvalue weighted by atomic mass is 10.1. The Hall–Kier alpha value is -3.13. The Morgan fingerprint density at radius 2 is 1.93 bits per heavy atom. The number of fused-ring (bicyclic) bond motifs is 1. The summed E-state index contributed by atoms with van der Waals surface area (Å²) in [6.45, 7) is 5.96. The number of thioether (sulfide) groups is 1. The van der Waals surface area contributed by atoms with Crippen molar-refractivity contribution in [2.75, 3.05) is 5.75 Å². The second-order valence-corrected chi connectivity index (χ2v) is 7.93. The molecule has 4 rings (SSSR count). The minimum atomic E-state index is -0.231. The second-order valence-electron chi connectivity index (χ2n) is 6.98. The third-order valence-electron chi connectivity index (χ3n) is 4.47. The van der Waals surface area contributed by atoms with Crippen molar-refractivity contribution in [3.05, 3.63) is 65.4 Å². The van der Waals surface area contributed by atoms with Crippen LogP contribution in [0.15, 0.2) is 58.1 Å². The first kappa shape index (κ1) is 19.2. The van der Waals surface area contributed by atoms with Gasteiger partial charge in [0.15, 0.2) is 0 Å². The number of amides is 1. The van der Waals surface area contributed by atoms with Crippen molar-refractivity contribution in [1.82, 2.24) is 25.5 Å². The third-order valence-corrected chi connectivity index (χ3v) is 5.39. The molecule has 0 aliphatic carbocycles. The van der Waals surface area contributed by atoms with E-state index in [1.54, 1.807) is 4.68 Å². The number of para-hydroxylation sites is 1. The van der Waals surface area contributed by atoms with Gasteiger partial charge in [0, 0.05) is 5.39 Å². The van der Waals surface area contributed by atoms with E-state index in [4.69, 9.17) is 4.42 Å². The molecule has 0 radical (unpaired) electrons. The van der Waals surface area contributed by atoms with Crippen LogP contribution in [0.25, 0.3) is 16.7 Å². The summed E-state index contributed by atoms with van der Waals surface area (Å²) in [5.74, 6) is 0.818. The minimum absolute atomic E-state index is 0.113. The summed E-state index contributed by atoms with van der Waals surface area (Å²) in [4.78, 5) is 12.4. The molecular formula is C21H21N5O2S. The van der Waals surface area contributed by atoms with Gasteiger partial charge >= 0.3 is 0 Å². The van der Waals surface area contributed by atoms with E-state index in [1.165, 1.54) is 11.8 Å². The van der Waals surface area contributed by atoms with Crippen LogP contribution in [0.4, 0.5) is 0 Å². The van der Waals surface area contributed by atoms with Crippen molar-refractivity contribution in [2.45, 2.75) is 32.0 Å². The van der Waals surface area contributed by atoms with Gasteiger partial charge in [-0.25, -0.2) is 0 Å². The molecule has 0 spiro atoms. The van der Waals surface area contributed by atoms with Crippen LogP contribution in [0.3, 0.4) is 0 Å². The smallest absolute Gasteiger partial charge is 0.231 e. The monoisotopic (exact) mass is 407 g/mol. The highest BCUT2D eigenvalue weighted by Crippen LogP contribution is 2.24. The molecular weight excluding hydrogens is 386 g/mol. The average molecular weight is 407 g/mol. The van der Waals surface area contributed by atoms with Crippen molar-refractivity contribution in [2.24, 2.45) is 0 Å². The molecule has 0 saturated carbocycles. The van der Waals surface area contributed by atoms with Crippen molar-refractivity contribution >= 4 is 28.6 Å². The lowest BCUT2D eigenvalue weighted by Crippen LogP contribution is -2.28. The Bertz CT molecular complexity index is 1110. The molecule has 1 N–H and O–H groups in total. The number of carbonyl (C=O) groups excluding carboxylic acids is 1. The van der Waals surface area contributed by atoms with E-state index in [2.05, 4.69) is 26.9 Å². The standard InChI is InChI=1S/C21H21N5O2S/c1-13-8-14(2)10-17(9-13)26-21(23-24-25-26)29-12-20(27)22-15(3)19-11-16-6-4-5-7-18(16)28-19/h4-11,15H,12H2,1-3H3,(H,22,27)/t15-/m0/s1. The molecule has 2 aromatic carbocycles. The molecule has 1 atom stereocenters. The number of carbonyl (C=O) groups is 1. The molecule has 0 saturated heterocycles. The summed E-state index contributed by atoms with van der Waals surface area (Å²) in [6, 6.07) is 15.6. The maximum atomic E-state index is 12.4. The van der Waals surface area contributed by atoms with Crippen molar-refractivity contribution in [3.63, 3.8) is 0 Å². The molecule has 8 heteroatoms. The first-order valence-corrected chi connectivity index (χ1v) is 10.3. The van der Waals surface area contributed by atoms with Gasteiger partial charge in [0.1, 0.15) is 11.3 Å². The Labute approximate surface area is 172 Å².